The molecule has 0 spiro atoms. The van der Waals surface area contributed by atoms with Crippen molar-refractivity contribution in [2.75, 3.05) is 6.54 Å². The van der Waals surface area contributed by atoms with E-state index in [2.05, 4.69) is 32.8 Å². The lowest BCUT2D eigenvalue weighted by Crippen LogP contribution is -2.49. The van der Waals surface area contributed by atoms with Crippen LogP contribution in [0.25, 0.3) is 0 Å². The summed E-state index contributed by atoms with van der Waals surface area (Å²) in [5, 5.41) is 0. The van der Waals surface area contributed by atoms with Crippen molar-refractivity contribution in [2.45, 2.75) is 13.0 Å². The van der Waals surface area contributed by atoms with Crippen LogP contribution in [0.1, 0.15) is 20.8 Å². The molecular formula is C15H14BrN3O2S. The zero-order chi connectivity index (χ0) is 15.5. The fraction of sp³-hybridized carbons (Fsp3) is 0.200. The number of hydrazine groups is 1. The van der Waals surface area contributed by atoms with E-state index < -0.39 is 0 Å². The molecule has 3 rings (SSSR count). The summed E-state index contributed by atoms with van der Waals surface area (Å²) in [5.41, 5.74) is 7.34. The monoisotopic (exact) mass is 379 g/mol. The van der Waals surface area contributed by atoms with Gasteiger partial charge in [-0.25, -0.2) is 10.2 Å². The number of fused-ring (bicyclic) bond motifs is 1. The summed E-state index contributed by atoms with van der Waals surface area (Å²) >= 11 is 4.61. The fourth-order valence-corrected chi connectivity index (χ4v) is 3.64. The van der Waals surface area contributed by atoms with E-state index in [4.69, 9.17) is 0 Å². The Bertz CT molecular complexity index is 716. The molecule has 0 aliphatic carbocycles. The van der Waals surface area contributed by atoms with E-state index in [-0.39, 0.29) is 11.9 Å². The quantitative estimate of drug-likeness (QED) is 0.748. The van der Waals surface area contributed by atoms with Crippen molar-refractivity contribution < 1.29 is 9.59 Å². The standard InChI is InChI=1S/C15H14BrN3O2S/c16-13-6-5-12(22-13)14(20)17-18-15(21)19-8-7-10-3-1-2-4-11(10)9-19/h1-6H,7-9H2,(H,17,20)(H,18,21). The topological polar surface area (TPSA) is 61.4 Å². The van der Waals surface area contributed by atoms with Gasteiger partial charge in [-0.05, 0) is 45.6 Å². The van der Waals surface area contributed by atoms with Gasteiger partial charge in [-0.1, -0.05) is 24.3 Å². The number of rotatable bonds is 1. The maximum Gasteiger partial charge on any atom is 0.336 e. The van der Waals surface area contributed by atoms with E-state index in [9.17, 15) is 9.59 Å². The fourth-order valence-electron chi connectivity index (χ4n) is 2.36. The molecule has 3 amide bonds. The Morgan fingerprint density at radius 3 is 2.59 bits per heavy atom. The van der Waals surface area contributed by atoms with Crippen LogP contribution in [0.3, 0.4) is 0 Å². The van der Waals surface area contributed by atoms with E-state index in [1.54, 1.807) is 17.0 Å². The van der Waals surface area contributed by atoms with Crippen molar-refractivity contribution in [3.63, 3.8) is 0 Å². The van der Waals surface area contributed by atoms with Gasteiger partial charge in [0.2, 0.25) is 0 Å². The minimum atomic E-state index is -0.318. The molecule has 0 saturated heterocycles. The summed E-state index contributed by atoms with van der Waals surface area (Å²) in [4.78, 5) is 26.3. The van der Waals surface area contributed by atoms with Crippen molar-refractivity contribution >= 4 is 39.2 Å². The molecule has 1 aromatic heterocycles. The van der Waals surface area contributed by atoms with Gasteiger partial charge in [-0.2, -0.15) is 0 Å². The van der Waals surface area contributed by atoms with Crippen LogP contribution in [0, 0.1) is 0 Å². The van der Waals surface area contributed by atoms with Gasteiger partial charge in [-0.3, -0.25) is 10.2 Å². The molecule has 0 saturated carbocycles. The lowest BCUT2D eigenvalue weighted by Gasteiger charge is -2.28. The largest absolute Gasteiger partial charge is 0.336 e. The molecule has 5 nitrogen and oxygen atoms in total. The van der Waals surface area contributed by atoms with Crippen LogP contribution in [-0.2, 0) is 13.0 Å². The second kappa shape index (κ2) is 6.50. The van der Waals surface area contributed by atoms with Crippen molar-refractivity contribution in [3.05, 3.63) is 56.2 Å². The average Bonchev–Trinajstić information content (AvgIpc) is 2.98. The summed E-state index contributed by atoms with van der Waals surface area (Å²) < 4.78 is 0.872. The lowest BCUT2D eigenvalue weighted by molar-refractivity contribution is 0.0933. The minimum Gasteiger partial charge on any atom is -0.319 e. The van der Waals surface area contributed by atoms with Crippen molar-refractivity contribution in [1.82, 2.24) is 15.8 Å². The maximum absolute atomic E-state index is 12.1. The third-order valence-electron chi connectivity index (χ3n) is 3.50. The van der Waals surface area contributed by atoms with E-state index in [0.29, 0.717) is 18.0 Å². The normalized spacial score (nSPS) is 13.4. The van der Waals surface area contributed by atoms with Gasteiger partial charge in [0.1, 0.15) is 0 Å². The number of carbonyl (C=O) groups is 2. The Hall–Kier alpha value is -1.86. The number of nitrogens with zero attached hydrogens (tertiary/aromatic N) is 1. The molecule has 0 unspecified atom stereocenters. The Balaban J connectivity index is 1.56. The van der Waals surface area contributed by atoms with Crippen LogP contribution in [0.2, 0.25) is 0 Å². The average molecular weight is 380 g/mol. The first kappa shape index (κ1) is 15.1. The molecule has 2 heterocycles. The highest BCUT2D eigenvalue weighted by atomic mass is 79.9. The summed E-state index contributed by atoms with van der Waals surface area (Å²) in [6.45, 7) is 1.20. The second-order valence-corrected chi connectivity index (χ2v) is 7.39. The number of hydrogen-bond acceptors (Lipinski definition) is 3. The smallest absolute Gasteiger partial charge is 0.319 e. The molecule has 1 aromatic carbocycles. The predicted octanol–water partition coefficient (Wildman–Crippen LogP) is 2.92. The summed E-state index contributed by atoms with van der Waals surface area (Å²) in [7, 11) is 0. The molecule has 2 N–H and O–H groups in total. The molecule has 0 fully saturated rings. The number of carbonyl (C=O) groups excluding carboxylic acids is 2. The zero-order valence-corrected chi connectivity index (χ0v) is 14.0. The van der Waals surface area contributed by atoms with Gasteiger partial charge in [0.05, 0.1) is 8.66 Å². The van der Waals surface area contributed by atoms with Gasteiger partial charge in [0.15, 0.2) is 0 Å². The first-order valence-corrected chi connectivity index (χ1v) is 8.42. The number of hydrogen-bond donors (Lipinski definition) is 2. The molecule has 0 radical (unpaired) electrons. The van der Waals surface area contributed by atoms with Crippen molar-refractivity contribution in [3.8, 4) is 0 Å². The van der Waals surface area contributed by atoms with Crippen molar-refractivity contribution in [2.24, 2.45) is 0 Å². The van der Waals surface area contributed by atoms with Crippen LogP contribution >= 0.6 is 27.3 Å². The second-order valence-electron chi connectivity index (χ2n) is 4.93. The van der Waals surface area contributed by atoms with Crippen LogP contribution in [-0.4, -0.2) is 23.4 Å². The Morgan fingerprint density at radius 1 is 1.09 bits per heavy atom. The predicted molar refractivity (Wildman–Crippen MR) is 88.6 cm³/mol. The van der Waals surface area contributed by atoms with E-state index in [1.807, 2.05) is 18.2 Å². The van der Waals surface area contributed by atoms with Crippen LogP contribution in [0.15, 0.2) is 40.2 Å². The number of thiophene rings is 1. The first-order valence-electron chi connectivity index (χ1n) is 6.81. The summed E-state index contributed by atoms with van der Waals surface area (Å²) in [6.07, 6.45) is 0.829. The van der Waals surface area contributed by atoms with Crippen molar-refractivity contribution in [1.29, 1.82) is 0 Å². The zero-order valence-electron chi connectivity index (χ0n) is 11.6. The summed E-state index contributed by atoms with van der Waals surface area (Å²) in [6, 6.07) is 11.3. The highest BCUT2D eigenvalue weighted by Gasteiger charge is 2.20. The Kier molecular flexibility index (Phi) is 4.44. The number of amides is 3. The number of halogens is 1. The number of benzene rings is 1. The molecule has 114 valence electrons. The van der Waals surface area contributed by atoms with E-state index in [1.165, 1.54) is 16.9 Å². The van der Waals surface area contributed by atoms with Gasteiger partial charge in [0.25, 0.3) is 5.91 Å². The minimum absolute atomic E-state index is 0.293. The molecule has 7 heteroatoms. The van der Waals surface area contributed by atoms with Crippen LogP contribution in [0.5, 0.6) is 0 Å². The lowest BCUT2D eigenvalue weighted by atomic mass is 10.0. The summed E-state index contributed by atoms with van der Waals surface area (Å²) in [5.74, 6) is -0.318. The van der Waals surface area contributed by atoms with Crippen LogP contribution in [0.4, 0.5) is 4.79 Å². The number of nitrogens with one attached hydrogen (secondary N) is 2. The van der Waals surface area contributed by atoms with E-state index in [0.717, 1.165) is 15.8 Å². The molecule has 1 aliphatic rings. The Labute approximate surface area is 140 Å². The number of urea groups is 1. The first-order chi connectivity index (χ1) is 10.6. The molecule has 22 heavy (non-hydrogen) atoms. The molecule has 1 aliphatic heterocycles. The van der Waals surface area contributed by atoms with Gasteiger partial charge >= 0.3 is 6.03 Å². The maximum atomic E-state index is 12.1. The molecule has 0 bridgehead atoms. The molecule has 0 atom stereocenters. The van der Waals surface area contributed by atoms with Gasteiger partial charge in [-0.15, -0.1) is 11.3 Å². The highest BCUT2D eigenvalue weighted by Crippen LogP contribution is 2.21. The molecule has 2 aromatic rings. The Morgan fingerprint density at radius 2 is 1.86 bits per heavy atom. The van der Waals surface area contributed by atoms with Gasteiger partial charge < -0.3 is 4.90 Å². The van der Waals surface area contributed by atoms with E-state index >= 15 is 0 Å². The SMILES string of the molecule is O=C(NNC(=O)N1CCc2ccccc2C1)c1ccc(Br)s1. The molecular weight excluding hydrogens is 366 g/mol. The third-order valence-corrected chi connectivity index (χ3v) is 5.12. The van der Waals surface area contributed by atoms with Crippen LogP contribution < -0.4 is 10.9 Å². The highest BCUT2D eigenvalue weighted by molar-refractivity contribution is 9.11. The third kappa shape index (κ3) is 3.31. The van der Waals surface area contributed by atoms with Gasteiger partial charge in [0, 0.05) is 13.1 Å².